The van der Waals surface area contributed by atoms with Crippen LogP contribution in [0, 0.1) is 0 Å². The number of carbonyl (C=O) groups is 1. The van der Waals surface area contributed by atoms with Gasteiger partial charge in [-0.1, -0.05) is 401 Å². The lowest BCUT2D eigenvalue weighted by molar-refractivity contribution is -0.379. The highest BCUT2D eigenvalue weighted by Gasteiger charge is 2.54. The van der Waals surface area contributed by atoms with Gasteiger partial charge in [0.05, 0.1) is 38.6 Å². The van der Waals surface area contributed by atoms with Crippen molar-refractivity contribution in [3.8, 4) is 0 Å². The number of ether oxygens (including phenoxy) is 6. The fourth-order valence-electron chi connectivity index (χ4n) is 16.4. The van der Waals surface area contributed by atoms with E-state index in [0.29, 0.717) is 12.8 Å². The first kappa shape index (κ1) is 109. The van der Waals surface area contributed by atoms with Crippen molar-refractivity contribution in [2.45, 2.75) is 523 Å². The van der Waals surface area contributed by atoms with E-state index in [4.69, 9.17) is 28.4 Å². The smallest absolute Gasteiger partial charge is 0.220 e. The van der Waals surface area contributed by atoms with Crippen LogP contribution in [0.3, 0.4) is 0 Å². The van der Waals surface area contributed by atoms with Crippen LogP contribution in [0.15, 0.2) is 72.9 Å². The zero-order valence-corrected chi connectivity index (χ0v) is 74.9. The molecule has 0 saturated carbocycles. The number of hydrogen-bond acceptors (Lipinski definition) is 18. The SMILES string of the molecule is CCCCCCC/C=C\C/C=C\C/C=C\CCCCCCCCCCCCCCCCCCCCCCCCCCCCC(=O)NC(COC1OC(CO)C(OC2OC(CO)C(OC3OC(CO)C(O)C(O)C3O)C(O)C2O)C(O)C1O)C(O)/C=C/CC/C=C/CC/C=C/CCCCCCCCCCCCCCCCCCCCCCCC. The average molecular weight is 1670 g/mol. The molecule has 0 aromatic heterocycles. The number of carbonyl (C=O) groups excluding carboxylic acids is 1. The minimum absolute atomic E-state index is 0.234. The molecule has 3 aliphatic rings. The molecular weight excluding hydrogens is 1490 g/mol. The van der Waals surface area contributed by atoms with Gasteiger partial charge in [0.15, 0.2) is 18.9 Å². The van der Waals surface area contributed by atoms with Gasteiger partial charge in [0, 0.05) is 6.42 Å². The summed E-state index contributed by atoms with van der Waals surface area (Å²) in [5.74, 6) is -0.282. The molecule has 1 amide bonds. The van der Waals surface area contributed by atoms with Crippen LogP contribution in [0.2, 0.25) is 0 Å². The Labute approximate surface area is 718 Å². The maximum Gasteiger partial charge on any atom is 0.220 e. The number of aliphatic hydroxyl groups is 11. The van der Waals surface area contributed by atoms with Gasteiger partial charge in [0.25, 0.3) is 0 Å². The fraction of sp³-hybridized carbons (Fsp3) is 0.869. The van der Waals surface area contributed by atoms with Crippen molar-refractivity contribution in [3.63, 3.8) is 0 Å². The molecule has 3 heterocycles. The van der Waals surface area contributed by atoms with Crippen molar-refractivity contribution >= 4 is 5.91 Å². The summed E-state index contributed by atoms with van der Waals surface area (Å²) in [6.07, 6.45) is 79.5. The van der Waals surface area contributed by atoms with Crippen molar-refractivity contribution < 1.29 is 89.4 Å². The number of aliphatic hydroxyl groups excluding tert-OH is 11. The number of unbranched alkanes of at least 4 members (excludes halogenated alkanes) is 55. The summed E-state index contributed by atoms with van der Waals surface area (Å²) < 4.78 is 34.5. The standard InChI is InChI=1S/C99H181NO18/c1-3-5-7-9-11-13-15-17-19-21-23-25-27-29-31-33-35-37-38-39-40-41-42-43-44-45-47-49-51-53-55-57-59-61-63-65-67-69-71-73-75-77-87(105)100-82(83(104)76-74-72-70-68-66-64-62-60-58-56-54-52-50-48-46-36-34-32-30-28-26-24-22-20-18-16-14-12-10-8-6-4-2)81-113-97-93(111)90(108)95(85(79-102)115-97)118-99-94(112)91(109)96(86(80-103)116-99)117-98-92(110)89(107)88(106)84(78-101)114-98/h15,17,21,23,27,29,58,60,66,68,74,76,82-86,88-99,101-104,106-112H,3-14,16,18-20,22,24-26,28,30-57,59,61-65,67,69-73,75,77-81H2,1-2H3,(H,100,105)/b17-15-,23-21-,29-27-,60-58+,68-66+,76-74+. The molecular formula is C99H181NO18. The van der Waals surface area contributed by atoms with Crippen LogP contribution in [0.1, 0.15) is 418 Å². The predicted molar refractivity (Wildman–Crippen MR) is 480 cm³/mol. The highest BCUT2D eigenvalue weighted by atomic mass is 16.8. The van der Waals surface area contributed by atoms with Crippen LogP contribution < -0.4 is 5.32 Å². The number of hydrogen-bond donors (Lipinski definition) is 12. The van der Waals surface area contributed by atoms with Gasteiger partial charge >= 0.3 is 0 Å². The lowest BCUT2D eigenvalue weighted by atomic mass is 9.96. The van der Waals surface area contributed by atoms with Crippen LogP contribution in [0.5, 0.6) is 0 Å². The van der Waals surface area contributed by atoms with Gasteiger partial charge in [-0.15, -0.1) is 0 Å². The average Bonchev–Trinajstić information content (AvgIpc) is 0.777. The second-order valence-corrected chi connectivity index (χ2v) is 34.9. The zero-order valence-electron chi connectivity index (χ0n) is 74.9. The monoisotopic (exact) mass is 1670 g/mol. The molecule has 12 N–H and O–H groups in total. The maximum atomic E-state index is 13.5. The Morgan fingerprint density at radius 2 is 0.568 bits per heavy atom. The van der Waals surface area contributed by atoms with Gasteiger partial charge in [-0.05, 0) is 83.5 Å². The summed E-state index contributed by atoms with van der Waals surface area (Å²) in [5.41, 5.74) is 0. The summed E-state index contributed by atoms with van der Waals surface area (Å²) in [4.78, 5) is 13.5. The van der Waals surface area contributed by atoms with Gasteiger partial charge in [0.2, 0.25) is 5.91 Å². The first-order valence-corrected chi connectivity index (χ1v) is 49.2. The van der Waals surface area contributed by atoms with E-state index in [0.717, 1.165) is 57.8 Å². The second kappa shape index (κ2) is 77.8. The third kappa shape index (κ3) is 54.9. The lowest BCUT2D eigenvalue weighted by Gasteiger charge is -2.48. The molecule has 19 heteroatoms. The Morgan fingerprint density at radius 3 is 0.907 bits per heavy atom. The van der Waals surface area contributed by atoms with Crippen LogP contribution in [-0.4, -0.2) is 193 Å². The number of nitrogens with one attached hydrogen (secondary N) is 1. The molecule has 0 radical (unpaired) electrons. The minimum Gasteiger partial charge on any atom is -0.394 e. The van der Waals surface area contributed by atoms with Crippen LogP contribution in [0.25, 0.3) is 0 Å². The summed E-state index contributed by atoms with van der Waals surface area (Å²) in [6, 6.07) is -1.00. The molecule has 17 unspecified atom stereocenters. The van der Waals surface area contributed by atoms with E-state index in [9.17, 15) is 61.0 Å². The Morgan fingerprint density at radius 1 is 0.305 bits per heavy atom. The Hall–Kier alpha value is -2.77. The molecule has 3 fully saturated rings. The Balaban J connectivity index is 1.30. The fourth-order valence-corrected chi connectivity index (χ4v) is 16.4. The highest BCUT2D eigenvalue weighted by Crippen LogP contribution is 2.34. The van der Waals surface area contributed by atoms with E-state index in [1.54, 1.807) is 6.08 Å². The van der Waals surface area contributed by atoms with Gasteiger partial charge < -0.3 is 89.9 Å². The number of allylic oxidation sites excluding steroid dienone is 11. The van der Waals surface area contributed by atoms with E-state index in [2.05, 4.69) is 79.9 Å². The second-order valence-electron chi connectivity index (χ2n) is 34.9. The van der Waals surface area contributed by atoms with Crippen molar-refractivity contribution in [1.82, 2.24) is 5.32 Å². The van der Waals surface area contributed by atoms with Gasteiger partial charge in [-0.25, -0.2) is 0 Å². The molecule has 0 bridgehead atoms. The summed E-state index contributed by atoms with van der Waals surface area (Å²) in [7, 11) is 0. The molecule has 0 aliphatic carbocycles. The molecule has 118 heavy (non-hydrogen) atoms. The molecule has 3 saturated heterocycles. The Kier molecular flexibility index (Phi) is 72.1. The quantitative estimate of drug-likeness (QED) is 0.0199. The third-order valence-corrected chi connectivity index (χ3v) is 24.2. The van der Waals surface area contributed by atoms with Gasteiger partial charge in [0.1, 0.15) is 73.2 Å². The third-order valence-electron chi connectivity index (χ3n) is 24.2. The maximum absolute atomic E-state index is 13.5. The van der Waals surface area contributed by atoms with E-state index >= 15 is 0 Å². The lowest BCUT2D eigenvalue weighted by Crippen LogP contribution is -2.66. The van der Waals surface area contributed by atoms with Gasteiger partial charge in [-0.2, -0.15) is 0 Å². The molecule has 0 aromatic rings. The van der Waals surface area contributed by atoms with E-state index in [1.165, 1.54) is 327 Å². The molecule has 0 spiro atoms. The molecule has 19 nitrogen and oxygen atoms in total. The number of rotatable bonds is 81. The van der Waals surface area contributed by atoms with Crippen LogP contribution in [0.4, 0.5) is 0 Å². The van der Waals surface area contributed by atoms with Crippen molar-refractivity contribution in [2.75, 3.05) is 26.4 Å². The molecule has 3 rings (SSSR count). The zero-order chi connectivity index (χ0) is 85.2. The highest BCUT2D eigenvalue weighted by molar-refractivity contribution is 5.76. The summed E-state index contributed by atoms with van der Waals surface area (Å²) in [6.45, 7) is 1.76. The largest absolute Gasteiger partial charge is 0.394 e. The van der Waals surface area contributed by atoms with Crippen LogP contribution in [-0.2, 0) is 33.2 Å². The Bertz CT molecular complexity index is 2410. The molecule has 3 aliphatic heterocycles. The predicted octanol–water partition coefficient (Wildman–Crippen LogP) is 20.3. The minimum atomic E-state index is -1.99. The molecule has 0 aromatic carbocycles. The number of amides is 1. The molecule has 17 atom stereocenters. The topological polar surface area (TPSA) is 307 Å². The van der Waals surface area contributed by atoms with Crippen molar-refractivity contribution in [3.05, 3.63) is 72.9 Å². The van der Waals surface area contributed by atoms with Crippen LogP contribution >= 0.6 is 0 Å². The summed E-state index contributed by atoms with van der Waals surface area (Å²) in [5, 5.41) is 121. The normalized spacial score (nSPS) is 24.6. The van der Waals surface area contributed by atoms with Crippen molar-refractivity contribution in [2.24, 2.45) is 0 Å². The van der Waals surface area contributed by atoms with E-state index in [-0.39, 0.29) is 18.9 Å². The van der Waals surface area contributed by atoms with E-state index < -0.39 is 124 Å². The summed E-state index contributed by atoms with van der Waals surface area (Å²) >= 11 is 0. The van der Waals surface area contributed by atoms with E-state index in [1.807, 2.05) is 6.08 Å². The first-order chi connectivity index (χ1) is 57.8. The van der Waals surface area contributed by atoms with Gasteiger partial charge in [-0.3, -0.25) is 4.79 Å². The molecule has 690 valence electrons. The first-order valence-electron chi connectivity index (χ1n) is 49.2. The van der Waals surface area contributed by atoms with Crippen molar-refractivity contribution in [1.29, 1.82) is 0 Å².